The Balaban J connectivity index is 2.34. The van der Waals surface area contributed by atoms with Crippen LogP contribution in [0.1, 0.15) is 31.2 Å². The van der Waals surface area contributed by atoms with Gasteiger partial charge >= 0.3 is 5.97 Å². The maximum atomic E-state index is 10.8. The molecule has 4 nitrogen and oxygen atoms in total. The summed E-state index contributed by atoms with van der Waals surface area (Å²) in [4.78, 5) is 10.8. The van der Waals surface area contributed by atoms with Crippen LogP contribution in [0.15, 0.2) is 18.2 Å². The Morgan fingerprint density at radius 3 is 3.00 bits per heavy atom. The van der Waals surface area contributed by atoms with E-state index in [1.807, 2.05) is 6.92 Å². The minimum absolute atomic E-state index is 0.0151. The fourth-order valence-electron chi connectivity index (χ4n) is 2.16. The predicted octanol–water partition coefficient (Wildman–Crippen LogP) is 2.12. The van der Waals surface area contributed by atoms with Crippen molar-refractivity contribution in [1.82, 2.24) is 0 Å². The average molecular weight is 222 g/mol. The summed E-state index contributed by atoms with van der Waals surface area (Å²) >= 11 is 0. The molecule has 0 spiro atoms. The molecule has 0 radical (unpaired) electrons. The minimum Gasteiger partial charge on any atom is -0.508 e. The van der Waals surface area contributed by atoms with Crippen LogP contribution in [-0.2, 0) is 4.79 Å². The van der Waals surface area contributed by atoms with E-state index in [4.69, 9.17) is 9.84 Å². The van der Waals surface area contributed by atoms with Crippen molar-refractivity contribution in [2.24, 2.45) is 0 Å². The summed E-state index contributed by atoms with van der Waals surface area (Å²) in [7, 11) is 0. The molecule has 1 aliphatic rings. The predicted molar refractivity (Wildman–Crippen MR) is 57.8 cm³/mol. The molecule has 2 unspecified atom stereocenters. The normalized spacial score (nSPS) is 23.3. The first kappa shape index (κ1) is 10.8. The number of aromatic hydroxyl groups is 1. The van der Waals surface area contributed by atoms with Crippen LogP contribution in [0.4, 0.5) is 0 Å². The zero-order valence-corrected chi connectivity index (χ0v) is 9.01. The van der Waals surface area contributed by atoms with Gasteiger partial charge in [0.1, 0.15) is 11.5 Å². The molecule has 0 aromatic heterocycles. The molecule has 0 saturated heterocycles. The second-order valence-electron chi connectivity index (χ2n) is 4.18. The van der Waals surface area contributed by atoms with Gasteiger partial charge in [-0.25, -0.2) is 0 Å². The molecule has 2 atom stereocenters. The molecule has 0 aliphatic carbocycles. The molecule has 1 aromatic rings. The SMILES string of the molecule is CC1CC(CC(=O)O)c2ccc(O)cc2O1. The van der Waals surface area contributed by atoms with E-state index >= 15 is 0 Å². The second-order valence-corrected chi connectivity index (χ2v) is 4.18. The van der Waals surface area contributed by atoms with E-state index in [0.29, 0.717) is 12.2 Å². The van der Waals surface area contributed by atoms with Gasteiger partial charge in [0.2, 0.25) is 0 Å². The van der Waals surface area contributed by atoms with E-state index in [-0.39, 0.29) is 24.2 Å². The van der Waals surface area contributed by atoms with Gasteiger partial charge in [-0.1, -0.05) is 6.07 Å². The number of phenols is 1. The van der Waals surface area contributed by atoms with Gasteiger partial charge in [-0.15, -0.1) is 0 Å². The Morgan fingerprint density at radius 1 is 1.56 bits per heavy atom. The van der Waals surface area contributed by atoms with Crippen LogP contribution in [0.2, 0.25) is 0 Å². The third kappa shape index (κ3) is 2.10. The molecule has 4 heteroatoms. The number of hydrogen-bond acceptors (Lipinski definition) is 3. The number of benzene rings is 1. The summed E-state index contributed by atoms with van der Waals surface area (Å²) in [6.07, 6.45) is 0.786. The minimum atomic E-state index is -0.807. The first-order valence-corrected chi connectivity index (χ1v) is 5.27. The highest BCUT2D eigenvalue weighted by Crippen LogP contribution is 2.39. The van der Waals surface area contributed by atoms with Gasteiger partial charge in [0.25, 0.3) is 0 Å². The number of aliphatic carboxylic acids is 1. The number of carboxylic acid groups (broad SMARTS) is 1. The van der Waals surface area contributed by atoms with E-state index < -0.39 is 5.97 Å². The Hall–Kier alpha value is -1.71. The van der Waals surface area contributed by atoms with Crippen LogP contribution in [0.25, 0.3) is 0 Å². The summed E-state index contributed by atoms with van der Waals surface area (Å²) < 4.78 is 5.57. The molecule has 2 N–H and O–H groups in total. The number of ether oxygens (including phenoxy) is 1. The van der Waals surface area contributed by atoms with Gasteiger partial charge in [-0.2, -0.15) is 0 Å². The van der Waals surface area contributed by atoms with E-state index in [2.05, 4.69) is 0 Å². The lowest BCUT2D eigenvalue weighted by atomic mass is 9.87. The Bertz CT molecular complexity index is 413. The van der Waals surface area contributed by atoms with Gasteiger partial charge in [0, 0.05) is 12.0 Å². The van der Waals surface area contributed by atoms with Gasteiger partial charge in [-0.05, 0) is 25.0 Å². The third-order valence-electron chi connectivity index (χ3n) is 2.80. The van der Waals surface area contributed by atoms with Crippen molar-refractivity contribution in [3.05, 3.63) is 23.8 Å². The van der Waals surface area contributed by atoms with Gasteiger partial charge in [-0.3, -0.25) is 4.79 Å². The number of rotatable bonds is 2. The summed E-state index contributed by atoms with van der Waals surface area (Å²) in [6.45, 7) is 1.90. The van der Waals surface area contributed by atoms with Crippen molar-refractivity contribution in [1.29, 1.82) is 0 Å². The maximum absolute atomic E-state index is 10.8. The van der Waals surface area contributed by atoms with Crippen LogP contribution in [-0.4, -0.2) is 22.3 Å². The zero-order valence-electron chi connectivity index (χ0n) is 9.01. The lowest BCUT2D eigenvalue weighted by Gasteiger charge is -2.29. The van der Waals surface area contributed by atoms with E-state index in [9.17, 15) is 9.90 Å². The fourth-order valence-corrected chi connectivity index (χ4v) is 2.16. The van der Waals surface area contributed by atoms with Crippen molar-refractivity contribution in [2.75, 3.05) is 0 Å². The highest BCUT2D eigenvalue weighted by Gasteiger charge is 2.27. The first-order chi connectivity index (χ1) is 7.56. The Kier molecular flexibility index (Phi) is 2.73. The van der Waals surface area contributed by atoms with Crippen molar-refractivity contribution < 1.29 is 19.7 Å². The van der Waals surface area contributed by atoms with Crippen molar-refractivity contribution in [3.63, 3.8) is 0 Å². The standard InChI is InChI=1S/C12H14O4/c1-7-4-8(5-12(14)15)10-3-2-9(13)6-11(10)16-7/h2-3,6-8,13H,4-5H2,1H3,(H,14,15). The summed E-state index contributed by atoms with van der Waals surface area (Å²) in [5, 5.41) is 18.2. The third-order valence-corrected chi connectivity index (χ3v) is 2.80. The summed E-state index contributed by atoms with van der Waals surface area (Å²) in [6, 6.07) is 4.84. The number of carboxylic acids is 1. The van der Waals surface area contributed by atoms with E-state index in [1.165, 1.54) is 0 Å². The molecule has 1 aliphatic heterocycles. The largest absolute Gasteiger partial charge is 0.508 e. The maximum Gasteiger partial charge on any atom is 0.303 e. The lowest BCUT2D eigenvalue weighted by Crippen LogP contribution is -2.24. The summed E-state index contributed by atoms with van der Waals surface area (Å²) in [5.74, 6) is -0.0955. The van der Waals surface area contributed by atoms with E-state index in [1.54, 1.807) is 18.2 Å². The molecule has 0 fully saturated rings. The van der Waals surface area contributed by atoms with Gasteiger partial charge in [0.15, 0.2) is 0 Å². The van der Waals surface area contributed by atoms with Crippen LogP contribution in [0.3, 0.4) is 0 Å². The smallest absolute Gasteiger partial charge is 0.303 e. The van der Waals surface area contributed by atoms with E-state index in [0.717, 1.165) is 5.56 Å². The van der Waals surface area contributed by atoms with Crippen molar-refractivity contribution >= 4 is 5.97 Å². The summed E-state index contributed by atoms with van der Waals surface area (Å²) in [5.41, 5.74) is 0.873. The molecule has 16 heavy (non-hydrogen) atoms. The highest BCUT2D eigenvalue weighted by atomic mass is 16.5. The van der Waals surface area contributed by atoms with Gasteiger partial charge in [0.05, 0.1) is 12.5 Å². The molecule has 0 bridgehead atoms. The number of fused-ring (bicyclic) bond motifs is 1. The first-order valence-electron chi connectivity index (χ1n) is 5.27. The molecule has 0 amide bonds. The molecule has 1 aromatic carbocycles. The number of phenolic OH excluding ortho intramolecular Hbond substituents is 1. The van der Waals surface area contributed by atoms with Crippen LogP contribution in [0, 0.1) is 0 Å². The van der Waals surface area contributed by atoms with Crippen LogP contribution < -0.4 is 4.74 Å². The molecular weight excluding hydrogens is 208 g/mol. The monoisotopic (exact) mass is 222 g/mol. The average Bonchev–Trinajstić information content (AvgIpc) is 2.15. The highest BCUT2D eigenvalue weighted by molar-refractivity contribution is 5.68. The molecular formula is C12H14O4. The zero-order chi connectivity index (χ0) is 11.7. The van der Waals surface area contributed by atoms with Gasteiger partial charge < -0.3 is 14.9 Å². The fraction of sp³-hybridized carbons (Fsp3) is 0.417. The van der Waals surface area contributed by atoms with Crippen LogP contribution >= 0.6 is 0 Å². The molecule has 2 rings (SSSR count). The topological polar surface area (TPSA) is 66.8 Å². The number of hydrogen-bond donors (Lipinski definition) is 2. The van der Waals surface area contributed by atoms with Crippen LogP contribution in [0.5, 0.6) is 11.5 Å². The Morgan fingerprint density at radius 2 is 2.31 bits per heavy atom. The quantitative estimate of drug-likeness (QED) is 0.804. The molecule has 1 heterocycles. The molecule has 86 valence electrons. The van der Waals surface area contributed by atoms with Crippen molar-refractivity contribution in [3.8, 4) is 11.5 Å². The lowest BCUT2D eigenvalue weighted by molar-refractivity contribution is -0.137. The second kappa shape index (κ2) is 4.04. The number of carbonyl (C=O) groups is 1. The van der Waals surface area contributed by atoms with Crippen molar-refractivity contribution in [2.45, 2.75) is 31.8 Å². The molecule has 0 saturated carbocycles. The Labute approximate surface area is 93.5 Å².